The number of amides is 1. The van der Waals surface area contributed by atoms with Crippen molar-refractivity contribution in [1.29, 1.82) is 0 Å². The summed E-state index contributed by atoms with van der Waals surface area (Å²) >= 11 is 6.02. The number of halogens is 1. The lowest BCUT2D eigenvalue weighted by atomic mass is 10.1. The van der Waals surface area contributed by atoms with Crippen LogP contribution in [0.4, 0.5) is 0 Å². The molecule has 1 atom stereocenters. The zero-order valence-electron chi connectivity index (χ0n) is 13.9. The van der Waals surface area contributed by atoms with Crippen molar-refractivity contribution in [3.8, 4) is 22.8 Å². The fourth-order valence-electron chi connectivity index (χ4n) is 3.08. The Morgan fingerprint density at radius 1 is 1.23 bits per heavy atom. The normalized spacial score (nSPS) is 16.8. The first-order valence-electron chi connectivity index (χ1n) is 8.36. The summed E-state index contributed by atoms with van der Waals surface area (Å²) in [6.07, 6.45) is 0.813. The monoisotopic (exact) mass is 368 g/mol. The van der Waals surface area contributed by atoms with Crippen LogP contribution >= 0.6 is 11.6 Å². The number of carbonyl (C=O) groups excluding carboxylic acids is 1. The van der Waals surface area contributed by atoms with Gasteiger partial charge < -0.3 is 15.2 Å². The van der Waals surface area contributed by atoms with E-state index < -0.39 is 0 Å². The molecule has 2 heterocycles. The van der Waals surface area contributed by atoms with Gasteiger partial charge in [-0.05, 0) is 30.7 Å². The molecule has 132 valence electrons. The Hall–Kier alpha value is -2.70. The Morgan fingerprint density at radius 2 is 2.08 bits per heavy atom. The second-order valence-electron chi connectivity index (χ2n) is 6.28. The van der Waals surface area contributed by atoms with Crippen molar-refractivity contribution in [3.05, 3.63) is 59.1 Å². The van der Waals surface area contributed by atoms with Gasteiger partial charge in [0.25, 0.3) is 11.8 Å². The first-order chi connectivity index (χ1) is 12.6. The molecule has 6 nitrogen and oxygen atoms in total. The van der Waals surface area contributed by atoms with E-state index in [-0.39, 0.29) is 11.9 Å². The lowest BCUT2D eigenvalue weighted by molar-refractivity contribution is 0.0791. The second kappa shape index (κ2) is 6.90. The Morgan fingerprint density at radius 3 is 2.85 bits per heavy atom. The van der Waals surface area contributed by atoms with Crippen LogP contribution in [0.1, 0.15) is 16.8 Å². The third kappa shape index (κ3) is 3.21. The zero-order chi connectivity index (χ0) is 18.1. The van der Waals surface area contributed by atoms with Crippen LogP contribution in [0, 0.1) is 0 Å². The van der Waals surface area contributed by atoms with Crippen LogP contribution in [0.3, 0.4) is 0 Å². The van der Waals surface area contributed by atoms with Crippen molar-refractivity contribution in [2.24, 2.45) is 5.73 Å². The molecule has 1 aromatic heterocycles. The SMILES string of the molecule is N[C@H]1CCN(C(=O)c2ccccc2-c2nc(-c3cccc(Cl)c3)no2)C1. The highest BCUT2D eigenvalue weighted by Crippen LogP contribution is 2.27. The maximum atomic E-state index is 12.9. The second-order valence-corrected chi connectivity index (χ2v) is 6.72. The highest BCUT2D eigenvalue weighted by molar-refractivity contribution is 6.30. The number of likely N-dealkylation sites (tertiary alicyclic amines) is 1. The third-order valence-corrected chi connectivity index (χ3v) is 4.64. The molecular formula is C19H17ClN4O2. The molecule has 7 heteroatoms. The molecule has 0 radical (unpaired) electrons. The Labute approximate surface area is 155 Å². The average molecular weight is 369 g/mol. The minimum atomic E-state index is -0.0731. The van der Waals surface area contributed by atoms with E-state index in [2.05, 4.69) is 10.1 Å². The molecular weight excluding hydrogens is 352 g/mol. The van der Waals surface area contributed by atoms with Gasteiger partial charge in [0.05, 0.1) is 11.1 Å². The number of rotatable bonds is 3. The molecule has 1 saturated heterocycles. The maximum Gasteiger partial charge on any atom is 0.259 e. The topological polar surface area (TPSA) is 85.2 Å². The lowest BCUT2D eigenvalue weighted by Crippen LogP contribution is -2.32. The Bertz CT molecular complexity index is 956. The van der Waals surface area contributed by atoms with E-state index in [0.29, 0.717) is 41.0 Å². The van der Waals surface area contributed by atoms with Gasteiger partial charge in [-0.25, -0.2) is 0 Å². The molecule has 0 bridgehead atoms. The summed E-state index contributed by atoms with van der Waals surface area (Å²) in [4.78, 5) is 19.1. The van der Waals surface area contributed by atoms with Crippen LogP contribution in [0.25, 0.3) is 22.8 Å². The fourth-order valence-corrected chi connectivity index (χ4v) is 3.27. The molecule has 4 rings (SSSR count). The van der Waals surface area contributed by atoms with Crippen LogP contribution in [0.2, 0.25) is 5.02 Å². The Kier molecular flexibility index (Phi) is 4.44. The first kappa shape index (κ1) is 16.8. The lowest BCUT2D eigenvalue weighted by Gasteiger charge is -2.17. The first-order valence-corrected chi connectivity index (χ1v) is 8.73. The van der Waals surface area contributed by atoms with Crippen molar-refractivity contribution < 1.29 is 9.32 Å². The smallest absolute Gasteiger partial charge is 0.259 e. The minimum absolute atomic E-state index is 0.0314. The highest BCUT2D eigenvalue weighted by atomic mass is 35.5. The molecule has 1 aliphatic heterocycles. The summed E-state index contributed by atoms with van der Waals surface area (Å²) in [7, 11) is 0. The predicted molar refractivity (Wildman–Crippen MR) is 98.7 cm³/mol. The molecule has 0 unspecified atom stereocenters. The fraction of sp³-hybridized carbons (Fsp3) is 0.211. The maximum absolute atomic E-state index is 12.9. The van der Waals surface area contributed by atoms with Crippen molar-refractivity contribution in [2.45, 2.75) is 12.5 Å². The van der Waals surface area contributed by atoms with Crippen molar-refractivity contribution in [2.75, 3.05) is 13.1 Å². The van der Waals surface area contributed by atoms with E-state index >= 15 is 0 Å². The van der Waals surface area contributed by atoms with Gasteiger partial charge in [0.15, 0.2) is 0 Å². The summed E-state index contributed by atoms with van der Waals surface area (Å²) in [5.74, 6) is 0.649. The predicted octanol–water partition coefficient (Wildman–Crippen LogP) is 3.23. The van der Waals surface area contributed by atoms with E-state index in [1.165, 1.54) is 0 Å². The molecule has 1 amide bonds. The highest BCUT2D eigenvalue weighted by Gasteiger charge is 2.27. The van der Waals surface area contributed by atoms with Crippen LogP contribution in [0.5, 0.6) is 0 Å². The van der Waals surface area contributed by atoms with E-state index in [0.717, 1.165) is 12.0 Å². The van der Waals surface area contributed by atoms with Crippen LogP contribution in [-0.4, -0.2) is 40.1 Å². The summed E-state index contributed by atoms with van der Waals surface area (Å²) in [5.41, 5.74) is 7.82. The van der Waals surface area contributed by atoms with E-state index in [1.807, 2.05) is 24.3 Å². The molecule has 0 saturated carbocycles. The average Bonchev–Trinajstić information content (AvgIpc) is 3.30. The number of nitrogens with zero attached hydrogens (tertiary/aromatic N) is 3. The van der Waals surface area contributed by atoms with E-state index in [4.69, 9.17) is 21.9 Å². The molecule has 26 heavy (non-hydrogen) atoms. The van der Waals surface area contributed by atoms with Crippen LogP contribution in [-0.2, 0) is 0 Å². The van der Waals surface area contributed by atoms with Crippen LogP contribution in [0.15, 0.2) is 53.1 Å². The van der Waals surface area contributed by atoms with Gasteiger partial charge in [-0.15, -0.1) is 0 Å². The van der Waals surface area contributed by atoms with E-state index in [1.54, 1.807) is 29.2 Å². The summed E-state index contributed by atoms with van der Waals surface area (Å²) in [6.45, 7) is 1.22. The van der Waals surface area contributed by atoms with Gasteiger partial charge in [-0.3, -0.25) is 4.79 Å². The molecule has 3 aromatic rings. The number of nitrogens with two attached hydrogens (primary N) is 1. The zero-order valence-corrected chi connectivity index (χ0v) is 14.7. The van der Waals surface area contributed by atoms with Gasteiger partial charge in [0.1, 0.15) is 0 Å². The van der Waals surface area contributed by atoms with Crippen molar-refractivity contribution in [3.63, 3.8) is 0 Å². The molecule has 1 aliphatic rings. The number of carbonyl (C=O) groups is 1. The number of hydrogen-bond acceptors (Lipinski definition) is 5. The van der Waals surface area contributed by atoms with E-state index in [9.17, 15) is 4.79 Å². The van der Waals surface area contributed by atoms with Crippen LogP contribution < -0.4 is 5.73 Å². The van der Waals surface area contributed by atoms with Crippen molar-refractivity contribution >= 4 is 17.5 Å². The largest absolute Gasteiger partial charge is 0.337 e. The Balaban J connectivity index is 1.68. The standard InChI is InChI=1S/C19H17ClN4O2/c20-13-5-3-4-12(10-13)17-22-18(26-23-17)15-6-1-2-7-16(15)19(25)24-9-8-14(21)11-24/h1-7,10,14H,8-9,11,21H2/t14-/m0/s1. The van der Waals surface area contributed by atoms with Gasteiger partial charge in [-0.2, -0.15) is 4.98 Å². The summed E-state index contributed by atoms with van der Waals surface area (Å²) in [5, 5.41) is 4.62. The molecule has 2 N–H and O–H groups in total. The van der Waals surface area contributed by atoms with Crippen molar-refractivity contribution in [1.82, 2.24) is 15.0 Å². The number of hydrogen-bond donors (Lipinski definition) is 1. The van der Waals surface area contributed by atoms with Gasteiger partial charge in [-0.1, -0.05) is 41.0 Å². The molecule has 0 aliphatic carbocycles. The number of aromatic nitrogens is 2. The van der Waals surface area contributed by atoms with Gasteiger partial charge in [0.2, 0.25) is 5.82 Å². The summed E-state index contributed by atoms with van der Waals surface area (Å²) in [6, 6.07) is 14.5. The molecule has 2 aromatic carbocycles. The van der Waals surface area contributed by atoms with Gasteiger partial charge >= 0.3 is 0 Å². The quantitative estimate of drug-likeness (QED) is 0.767. The van der Waals surface area contributed by atoms with Gasteiger partial charge in [0, 0.05) is 29.7 Å². The number of benzene rings is 2. The third-order valence-electron chi connectivity index (χ3n) is 4.41. The molecule has 0 spiro atoms. The molecule has 1 fully saturated rings. The summed E-state index contributed by atoms with van der Waals surface area (Å²) < 4.78 is 5.42. The minimum Gasteiger partial charge on any atom is -0.337 e.